The Balaban J connectivity index is 1.97. The highest BCUT2D eigenvalue weighted by molar-refractivity contribution is 5.94. The van der Waals surface area contributed by atoms with Crippen LogP contribution in [0.25, 0.3) is 0 Å². The van der Waals surface area contributed by atoms with Crippen LogP contribution in [-0.4, -0.2) is 11.0 Å². The van der Waals surface area contributed by atoms with Crippen LogP contribution < -0.4 is 5.32 Å². The van der Waals surface area contributed by atoms with Gasteiger partial charge in [-0.2, -0.15) is 5.26 Å². The molecule has 0 aromatic heterocycles. The molecule has 2 rings (SSSR count). The molecule has 0 aliphatic rings. The minimum absolute atomic E-state index is 0.196. The molecule has 0 bridgehead atoms. The Morgan fingerprint density at radius 3 is 2.32 bits per heavy atom. The second-order valence-corrected chi connectivity index (χ2v) is 4.04. The number of phenolic OH excluding ortho intramolecular Hbond substituents is 1. The maximum absolute atomic E-state index is 11.8. The van der Waals surface area contributed by atoms with Crippen molar-refractivity contribution in [2.75, 3.05) is 0 Å². The number of hydrogen-bond acceptors (Lipinski definition) is 3. The molecule has 1 amide bonds. The number of nitrogens with zero attached hydrogens (tertiary/aromatic N) is 1. The van der Waals surface area contributed by atoms with Gasteiger partial charge in [-0.15, -0.1) is 0 Å². The lowest BCUT2D eigenvalue weighted by atomic mass is 10.1. The topological polar surface area (TPSA) is 73.1 Å². The zero-order chi connectivity index (χ0) is 13.7. The van der Waals surface area contributed by atoms with E-state index in [0.717, 1.165) is 5.56 Å². The molecular weight excluding hydrogens is 240 g/mol. The van der Waals surface area contributed by atoms with Gasteiger partial charge < -0.3 is 10.4 Å². The Bertz CT molecular complexity index is 610. The van der Waals surface area contributed by atoms with Gasteiger partial charge >= 0.3 is 0 Å². The van der Waals surface area contributed by atoms with Gasteiger partial charge in [-0.25, -0.2) is 0 Å². The van der Waals surface area contributed by atoms with E-state index in [1.54, 1.807) is 48.5 Å². The largest absolute Gasteiger partial charge is 0.508 e. The Hall–Kier alpha value is -2.80. The van der Waals surface area contributed by atoms with Crippen LogP contribution in [-0.2, 0) is 6.54 Å². The summed E-state index contributed by atoms with van der Waals surface area (Å²) in [7, 11) is 0. The lowest BCUT2D eigenvalue weighted by Gasteiger charge is -2.05. The first kappa shape index (κ1) is 12.7. The van der Waals surface area contributed by atoms with Crippen molar-refractivity contribution < 1.29 is 9.90 Å². The Morgan fingerprint density at radius 1 is 1.11 bits per heavy atom. The van der Waals surface area contributed by atoms with Crippen molar-refractivity contribution in [2.45, 2.75) is 6.54 Å². The summed E-state index contributed by atoms with van der Waals surface area (Å²) in [6, 6.07) is 15.1. The summed E-state index contributed by atoms with van der Waals surface area (Å²) in [6.07, 6.45) is 0. The molecule has 0 saturated heterocycles. The van der Waals surface area contributed by atoms with Gasteiger partial charge in [0.1, 0.15) is 5.75 Å². The number of rotatable bonds is 3. The second-order valence-electron chi connectivity index (χ2n) is 4.04. The SMILES string of the molecule is N#Cc1ccc(C(=O)NCc2ccc(O)cc2)cc1. The van der Waals surface area contributed by atoms with Gasteiger partial charge in [0.15, 0.2) is 0 Å². The molecule has 2 N–H and O–H groups in total. The van der Waals surface area contributed by atoms with Crippen LogP contribution in [0.5, 0.6) is 5.75 Å². The Morgan fingerprint density at radius 2 is 1.74 bits per heavy atom. The van der Waals surface area contributed by atoms with Crippen LogP contribution in [0.2, 0.25) is 0 Å². The van der Waals surface area contributed by atoms with Gasteiger partial charge in [0.05, 0.1) is 11.6 Å². The molecule has 19 heavy (non-hydrogen) atoms. The van der Waals surface area contributed by atoms with E-state index in [9.17, 15) is 4.79 Å². The maximum atomic E-state index is 11.8. The number of nitriles is 1. The van der Waals surface area contributed by atoms with Crippen LogP contribution in [0.4, 0.5) is 0 Å². The molecule has 0 fully saturated rings. The van der Waals surface area contributed by atoms with E-state index in [2.05, 4.69) is 5.32 Å². The highest BCUT2D eigenvalue weighted by Gasteiger charge is 2.04. The molecule has 0 radical (unpaired) electrons. The van der Waals surface area contributed by atoms with Crippen molar-refractivity contribution >= 4 is 5.91 Å². The monoisotopic (exact) mass is 252 g/mol. The number of amides is 1. The second kappa shape index (κ2) is 5.69. The number of hydrogen-bond donors (Lipinski definition) is 2. The lowest BCUT2D eigenvalue weighted by Crippen LogP contribution is -2.22. The number of benzene rings is 2. The summed E-state index contributed by atoms with van der Waals surface area (Å²) in [6.45, 7) is 0.388. The smallest absolute Gasteiger partial charge is 0.251 e. The van der Waals surface area contributed by atoms with Crippen LogP contribution in [0, 0.1) is 11.3 Å². The van der Waals surface area contributed by atoms with Gasteiger partial charge in [0.25, 0.3) is 5.91 Å². The molecule has 2 aromatic carbocycles. The van der Waals surface area contributed by atoms with Crippen molar-refractivity contribution in [3.05, 3.63) is 65.2 Å². The molecule has 4 nitrogen and oxygen atoms in total. The summed E-state index contributed by atoms with van der Waals surface area (Å²) in [5, 5.41) is 20.6. The normalized spacial score (nSPS) is 9.63. The third-order valence-corrected chi connectivity index (χ3v) is 2.67. The quantitative estimate of drug-likeness (QED) is 0.879. The molecule has 0 atom stereocenters. The van der Waals surface area contributed by atoms with Crippen molar-refractivity contribution in [1.29, 1.82) is 5.26 Å². The van der Waals surface area contributed by atoms with Gasteiger partial charge in [0.2, 0.25) is 0 Å². The van der Waals surface area contributed by atoms with Gasteiger partial charge in [-0.1, -0.05) is 12.1 Å². The van der Waals surface area contributed by atoms with E-state index in [1.165, 1.54) is 0 Å². The van der Waals surface area contributed by atoms with Crippen molar-refractivity contribution in [3.63, 3.8) is 0 Å². The predicted octanol–water partition coefficient (Wildman–Crippen LogP) is 2.19. The predicted molar refractivity (Wildman–Crippen MR) is 70.4 cm³/mol. The van der Waals surface area contributed by atoms with E-state index in [0.29, 0.717) is 17.7 Å². The molecule has 0 unspecified atom stereocenters. The Kier molecular flexibility index (Phi) is 3.79. The van der Waals surface area contributed by atoms with Gasteiger partial charge in [0, 0.05) is 12.1 Å². The number of nitrogens with one attached hydrogen (secondary N) is 1. The average molecular weight is 252 g/mol. The Labute approximate surface area is 110 Å². The van der Waals surface area contributed by atoms with Crippen LogP contribution in [0.15, 0.2) is 48.5 Å². The minimum Gasteiger partial charge on any atom is -0.508 e. The lowest BCUT2D eigenvalue weighted by molar-refractivity contribution is 0.0951. The molecule has 0 aliphatic carbocycles. The van der Waals surface area contributed by atoms with Crippen LogP contribution >= 0.6 is 0 Å². The van der Waals surface area contributed by atoms with Crippen LogP contribution in [0.3, 0.4) is 0 Å². The highest BCUT2D eigenvalue weighted by Crippen LogP contribution is 2.09. The average Bonchev–Trinajstić information content (AvgIpc) is 2.46. The molecular formula is C15H12N2O2. The molecule has 0 aliphatic heterocycles. The maximum Gasteiger partial charge on any atom is 0.251 e. The van der Waals surface area contributed by atoms with Crippen LogP contribution in [0.1, 0.15) is 21.5 Å². The number of carbonyl (C=O) groups excluding carboxylic acids is 1. The zero-order valence-electron chi connectivity index (χ0n) is 10.1. The van der Waals surface area contributed by atoms with Crippen molar-refractivity contribution in [1.82, 2.24) is 5.32 Å². The van der Waals surface area contributed by atoms with E-state index >= 15 is 0 Å². The first-order valence-corrected chi connectivity index (χ1v) is 5.75. The summed E-state index contributed by atoms with van der Waals surface area (Å²) in [4.78, 5) is 11.8. The molecule has 0 spiro atoms. The minimum atomic E-state index is -0.197. The third-order valence-electron chi connectivity index (χ3n) is 2.67. The van der Waals surface area contributed by atoms with Gasteiger partial charge in [-0.3, -0.25) is 4.79 Å². The fraction of sp³-hybridized carbons (Fsp3) is 0.0667. The fourth-order valence-electron chi connectivity index (χ4n) is 1.59. The summed E-state index contributed by atoms with van der Waals surface area (Å²) < 4.78 is 0. The van der Waals surface area contributed by atoms with Crippen molar-refractivity contribution in [2.24, 2.45) is 0 Å². The molecule has 4 heteroatoms. The first-order valence-electron chi connectivity index (χ1n) is 5.75. The third kappa shape index (κ3) is 3.33. The summed E-state index contributed by atoms with van der Waals surface area (Å²) in [5.41, 5.74) is 1.94. The van der Waals surface area contributed by atoms with E-state index < -0.39 is 0 Å². The number of phenols is 1. The van der Waals surface area contributed by atoms with E-state index in [-0.39, 0.29) is 11.7 Å². The van der Waals surface area contributed by atoms with E-state index in [1.807, 2.05) is 6.07 Å². The fourth-order valence-corrected chi connectivity index (χ4v) is 1.59. The summed E-state index contributed by atoms with van der Waals surface area (Å²) in [5.74, 6) is -0.000247. The van der Waals surface area contributed by atoms with Crippen molar-refractivity contribution in [3.8, 4) is 11.8 Å². The molecule has 94 valence electrons. The zero-order valence-corrected chi connectivity index (χ0v) is 10.1. The molecule has 0 saturated carbocycles. The standard InChI is InChI=1S/C15H12N2O2/c16-9-11-1-5-13(6-2-11)15(19)17-10-12-3-7-14(18)8-4-12/h1-8,18H,10H2,(H,17,19). The molecule has 2 aromatic rings. The number of aromatic hydroxyl groups is 1. The van der Waals surface area contributed by atoms with E-state index in [4.69, 9.17) is 10.4 Å². The van der Waals surface area contributed by atoms with Gasteiger partial charge in [-0.05, 0) is 42.0 Å². The number of carbonyl (C=O) groups is 1. The highest BCUT2D eigenvalue weighted by atomic mass is 16.3. The summed E-state index contributed by atoms with van der Waals surface area (Å²) >= 11 is 0. The molecule has 0 heterocycles. The first-order chi connectivity index (χ1) is 9.19.